The molecular formula is C40H42. The van der Waals surface area contributed by atoms with E-state index in [0.29, 0.717) is 11.8 Å². The average molecular weight is 523 g/mol. The van der Waals surface area contributed by atoms with Crippen molar-refractivity contribution >= 4 is 11.1 Å². The van der Waals surface area contributed by atoms with E-state index in [0.717, 1.165) is 31.3 Å². The van der Waals surface area contributed by atoms with Gasteiger partial charge in [0.05, 0.1) is 0 Å². The van der Waals surface area contributed by atoms with Crippen LogP contribution in [0, 0.1) is 5.92 Å². The highest BCUT2D eigenvalue weighted by molar-refractivity contribution is 5.76. The molecule has 0 N–H and O–H groups in total. The van der Waals surface area contributed by atoms with E-state index < -0.39 is 0 Å². The van der Waals surface area contributed by atoms with E-state index in [9.17, 15) is 0 Å². The van der Waals surface area contributed by atoms with Crippen molar-refractivity contribution in [3.8, 4) is 0 Å². The molecule has 2 aromatic carbocycles. The number of hydrogen-bond donors (Lipinski definition) is 0. The maximum atomic E-state index is 4.77. The molecule has 6 rings (SSSR count). The van der Waals surface area contributed by atoms with Gasteiger partial charge < -0.3 is 0 Å². The minimum atomic E-state index is 0.305. The van der Waals surface area contributed by atoms with Gasteiger partial charge in [0.1, 0.15) is 0 Å². The van der Waals surface area contributed by atoms with E-state index in [-0.39, 0.29) is 0 Å². The molecule has 0 amide bonds. The number of allylic oxidation sites excluding steroid dienone is 13. The van der Waals surface area contributed by atoms with E-state index in [2.05, 4.69) is 101 Å². The van der Waals surface area contributed by atoms with Gasteiger partial charge in [-0.1, -0.05) is 111 Å². The van der Waals surface area contributed by atoms with Crippen molar-refractivity contribution in [2.45, 2.75) is 71.6 Å². The first-order valence-corrected chi connectivity index (χ1v) is 15.1. The largest absolute Gasteiger partial charge is 0.0955 e. The second kappa shape index (κ2) is 10.7. The van der Waals surface area contributed by atoms with Crippen molar-refractivity contribution in [2.24, 2.45) is 5.92 Å². The smallest absolute Gasteiger partial charge is 0.0201 e. The van der Waals surface area contributed by atoms with Gasteiger partial charge in [-0.05, 0) is 120 Å². The fraction of sp³-hybridized carbons (Fsp3) is 0.300. The third kappa shape index (κ3) is 4.79. The quantitative estimate of drug-likeness (QED) is 0.339. The Morgan fingerprint density at radius 3 is 2.60 bits per heavy atom. The third-order valence-corrected chi connectivity index (χ3v) is 9.45. The number of rotatable bonds is 7. The van der Waals surface area contributed by atoms with Crippen molar-refractivity contribution in [1.82, 2.24) is 0 Å². The summed E-state index contributed by atoms with van der Waals surface area (Å²) in [4.78, 5) is 0. The Kier molecular flexibility index (Phi) is 7.13. The Bertz CT molecular complexity index is 1590. The Labute approximate surface area is 241 Å². The van der Waals surface area contributed by atoms with Crippen molar-refractivity contribution in [3.05, 3.63) is 153 Å². The van der Waals surface area contributed by atoms with Gasteiger partial charge in [-0.25, -0.2) is 0 Å². The second-order valence-corrected chi connectivity index (χ2v) is 12.3. The monoisotopic (exact) mass is 522 g/mol. The summed E-state index contributed by atoms with van der Waals surface area (Å²) in [5.41, 5.74) is 19.3. The molecule has 4 aliphatic rings. The third-order valence-electron chi connectivity index (χ3n) is 9.45. The summed E-state index contributed by atoms with van der Waals surface area (Å²) in [6.45, 7) is 20.1. The van der Waals surface area contributed by atoms with Crippen LogP contribution in [-0.2, 0) is 12.8 Å². The van der Waals surface area contributed by atoms with Gasteiger partial charge in [-0.2, -0.15) is 0 Å². The molecule has 0 saturated heterocycles. The summed E-state index contributed by atoms with van der Waals surface area (Å²) in [5.74, 6) is 0.624. The van der Waals surface area contributed by atoms with Crippen LogP contribution in [0.4, 0.5) is 0 Å². The van der Waals surface area contributed by atoms with E-state index in [1.165, 1.54) is 80.5 Å². The fourth-order valence-corrected chi connectivity index (χ4v) is 7.47. The number of aryl methyl sites for hydroxylation is 2. The highest BCUT2D eigenvalue weighted by Gasteiger charge is 2.41. The summed E-state index contributed by atoms with van der Waals surface area (Å²) >= 11 is 0. The Morgan fingerprint density at radius 1 is 0.975 bits per heavy atom. The predicted molar refractivity (Wildman–Crippen MR) is 173 cm³/mol. The molecule has 0 heteroatoms. The fourth-order valence-electron chi connectivity index (χ4n) is 7.47. The lowest BCUT2D eigenvalue weighted by Gasteiger charge is -2.35. The highest BCUT2D eigenvalue weighted by Crippen LogP contribution is 2.55. The summed E-state index contributed by atoms with van der Waals surface area (Å²) in [6.07, 6.45) is 17.3. The maximum Gasteiger partial charge on any atom is 0.0201 e. The van der Waals surface area contributed by atoms with Crippen LogP contribution in [0.3, 0.4) is 0 Å². The van der Waals surface area contributed by atoms with Crippen molar-refractivity contribution in [2.75, 3.05) is 0 Å². The molecule has 1 saturated carbocycles. The van der Waals surface area contributed by atoms with Crippen molar-refractivity contribution < 1.29 is 0 Å². The van der Waals surface area contributed by atoms with Crippen LogP contribution in [0.1, 0.15) is 86.6 Å². The molecule has 2 aromatic rings. The van der Waals surface area contributed by atoms with Crippen LogP contribution in [0.15, 0.2) is 126 Å². The highest BCUT2D eigenvalue weighted by atomic mass is 14.4. The first-order chi connectivity index (χ1) is 19.3. The van der Waals surface area contributed by atoms with Gasteiger partial charge in [-0.15, -0.1) is 0 Å². The molecule has 0 aromatic heterocycles. The minimum Gasteiger partial charge on any atom is -0.0955 e. The molecule has 2 atom stereocenters. The Morgan fingerprint density at radius 2 is 1.80 bits per heavy atom. The van der Waals surface area contributed by atoms with Crippen molar-refractivity contribution in [1.29, 1.82) is 0 Å². The predicted octanol–water partition coefficient (Wildman–Crippen LogP) is 10.8. The van der Waals surface area contributed by atoms with E-state index in [4.69, 9.17) is 6.58 Å². The Balaban J connectivity index is 1.30. The zero-order chi connectivity index (χ0) is 28.0. The summed E-state index contributed by atoms with van der Waals surface area (Å²) in [6, 6.07) is 16.1. The van der Waals surface area contributed by atoms with E-state index >= 15 is 0 Å². The summed E-state index contributed by atoms with van der Waals surface area (Å²) in [5, 5.41) is 0. The number of hydrogen-bond acceptors (Lipinski definition) is 0. The molecule has 0 aliphatic heterocycles. The molecule has 0 radical (unpaired) electrons. The normalized spacial score (nSPS) is 22.7. The molecule has 1 fully saturated rings. The lowest BCUT2D eigenvalue weighted by atomic mass is 9.69. The van der Waals surface area contributed by atoms with Crippen LogP contribution in [0.2, 0.25) is 0 Å². The Hall–Kier alpha value is -3.64. The van der Waals surface area contributed by atoms with Crippen LogP contribution in [0.5, 0.6) is 0 Å². The molecule has 0 nitrogen and oxygen atoms in total. The molecule has 0 heterocycles. The van der Waals surface area contributed by atoms with Gasteiger partial charge in [0.15, 0.2) is 0 Å². The second-order valence-electron chi connectivity index (χ2n) is 12.3. The summed E-state index contributed by atoms with van der Waals surface area (Å²) in [7, 11) is 0. The van der Waals surface area contributed by atoms with Crippen LogP contribution in [0.25, 0.3) is 11.1 Å². The SMILES string of the molecule is C=C(CCC)C1=C(C)C=C2CC(=CC3=CC=C(c4cccc(C(=C)C)c4)C3)C(=C)C2C1c1ccc2c(c1)CCC2. The maximum absolute atomic E-state index is 4.77. The molecule has 4 aliphatic carbocycles. The molecule has 0 bridgehead atoms. The molecule has 202 valence electrons. The topological polar surface area (TPSA) is 0 Å². The van der Waals surface area contributed by atoms with Gasteiger partial charge in [0.25, 0.3) is 0 Å². The molecule has 40 heavy (non-hydrogen) atoms. The van der Waals surface area contributed by atoms with Gasteiger partial charge in [-0.3, -0.25) is 0 Å². The minimum absolute atomic E-state index is 0.305. The van der Waals surface area contributed by atoms with Crippen molar-refractivity contribution in [3.63, 3.8) is 0 Å². The molecular weight excluding hydrogens is 480 g/mol. The van der Waals surface area contributed by atoms with Crippen LogP contribution < -0.4 is 0 Å². The molecule has 0 spiro atoms. The number of benzene rings is 2. The van der Waals surface area contributed by atoms with E-state index in [1.54, 1.807) is 11.1 Å². The molecule has 2 unspecified atom stereocenters. The summed E-state index contributed by atoms with van der Waals surface area (Å²) < 4.78 is 0. The van der Waals surface area contributed by atoms with Crippen LogP contribution >= 0.6 is 0 Å². The van der Waals surface area contributed by atoms with Gasteiger partial charge in [0.2, 0.25) is 0 Å². The van der Waals surface area contributed by atoms with Gasteiger partial charge in [0, 0.05) is 11.8 Å². The standard InChI is InChI=1S/C40H42/c1-7-10-26(4)38-27(5)19-37-24-36(21-29-15-16-34(20-29)33-14-9-12-31(22-33)25(2)3)28(6)39(37)40(38)35-18-17-30-11-8-13-32(30)23-35/h9,12,14-19,21-23,39-40H,2,4,6-8,10-11,13,20,24H2,1,3,5H3. The zero-order valence-corrected chi connectivity index (χ0v) is 24.6. The van der Waals surface area contributed by atoms with Crippen LogP contribution in [-0.4, -0.2) is 0 Å². The first-order valence-electron chi connectivity index (χ1n) is 15.1. The lowest BCUT2D eigenvalue weighted by Crippen LogP contribution is -2.21. The average Bonchev–Trinajstić information content (AvgIpc) is 3.67. The number of fused-ring (bicyclic) bond motifs is 2. The lowest BCUT2D eigenvalue weighted by molar-refractivity contribution is 0.618. The first kappa shape index (κ1) is 26.6. The zero-order valence-electron chi connectivity index (χ0n) is 24.6. The van der Waals surface area contributed by atoms with Gasteiger partial charge >= 0.3 is 0 Å². The van der Waals surface area contributed by atoms with E-state index in [1.807, 2.05) is 0 Å².